The van der Waals surface area contributed by atoms with E-state index in [4.69, 9.17) is 0 Å². The van der Waals surface area contributed by atoms with Crippen LogP contribution in [-0.4, -0.2) is 12.5 Å². The van der Waals surface area contributed by atoms with Crippen molar-refractivity contribution in [3.8, 4) is 11.1 Å². The van der Waals surface area contributed by atoms with Gasteiger partial charge in [0.25, 0.3) is 5.91 Å². The molecule has 0 spiro atoms. The van der Waals surface area contributed by atoms with Crippen molar-refractivity contribution < 1.29 is 9.18 Å². The highest BCUT2D eigenvalue weighted by molar-refractivity contribution is 6.02. The van der Waals surface area contributed by atoms with Crippen molar-refractivity contribution in [2.45, 2.75) is 6.42 Å². The number of halogens is 1. The van der Waals surface area contributed by atoms with Gasteiger partial charge in [-0.2, -0.15) is 0 Å². The average Bonchev–Trinajstić information content (AvgIpc) is 2.49. The second-order valence-corrected chi connectivity index (χ2v) is 4.71. The summed E-state index contributed by atoms with van der Waals surface area (Å²) < 4.78 is 13.7. The molecule has 100 valence electrons. The van der Waals surface area contributed by atoms with E-state index in [0.29, 0.717) is 12.1 Å². The molecule has 0 fully saturated rings. The van der Waals surface area contributed by atoms with E-state index in [1.807, 2.05) is 36.4 Å². The number of anilines is 1. The third-order valence-corrected chi connectivity index (χ3v) is 3.41. The average molecular weight is 267 g/mol. The Bertz CT molecular complexity index is 661. The molecule has 2 nitrogen and oxygen atoms in total. The van der Waals surface area contributed by atoms with Gasteiger partial charge in [0.05, 0.1) is 0 Å². The smallest absolute Gasteiger partial charge is 0.250 e. The first kappa shape index (κ1) is 12.6. The zero-order valence-electron chi connectivity index (χ0n) is 10.9. The molecule has 3 rings (SSSR count). The highest BCUT2D eigenvalue weighted by atomic mass is 19.1. The third-order valence-electron chi connectivity index (χ3n) is 3.41. The SMILES string of the molecule is O=C1C=CCCN1c1ccc(-c2ccccc2F)cc1. The zero-order chi connectivity index (χ0) is 13.9. The summed E-state index contributed by atoms with van der Waals surface area (Å²) in [6, 6.07) is 14.1. The van der Waals surface area contributed by atoms with Gasteiger partial charge in [0.1, 0.15) is 5.82 Å². The van der Waals surface area contributed by atoms with Crippen molar-refractivity contribution >= 4 is 11.6 Å². The maximum Gasteiger partial charge on any atom is 0.250 e. The molecule has 1 amide bonds. The molecular weight excluding hydrogens is 253 g/mol. The van der Waals surface area contributed by atoms with Gasteiger partial charge in [0, 0.05) is 17.8 Å². The molecule has 2 aromatic rings. The lowest BCUT2D eigenvalue weighted by molar-refractivity contribution is -0.114. The van der Waals surface area contributed by atoms with E-state index in [9.17, 15) is 9.18 Å². The molecular formula is C17H14FNO. The number of hydrogen-bond acceptors (Lipinski definition) is 1. The first-order chi connectivity index (χ1) is 9.75. The number of hydrogen-bond donors (Lipinski definition) is 0. The Morgan fingerprint density at radius 2 is 1.75 bits per heavy atom. The Morgan fingerprint density at radius 3 is 2.45 bits per heavy atom. The summed E-state index contributed by atoms with van der Waals surface area (Å²) in [6.45, 7) is 0.689. The third kappa shape index (κ3) is 2.35. The highest BCUT2D eigenvalue weighted by Crippen LogP contribution is 2.26. The van der Waals surface area contributed by atoms with Gasteiger partial charge < -0.3 is 4.90 Å². The van der Waals surface area contributed by atoms with Gasteiger partial charge in [0.15, 0.2) is 0 Å². The van der Waals surface area contributed by atoms with Crippen molar-refractivity contribution in [3.63, 3.8) is 0 Å². The second-order valence-electron chi connectivity index (χ2n) is 4.71. The monoisotopic (exact) mass is 267 g/mol. The Kier molecular flexibility index (Phi) is 3.33. The molecule has 0 bridgehead atoms. The number of nitrogens with zero attached hydrogens (tertiary/aromatic N) is 1. The van der Waals surface area contributed by atoms with Crippen LogP contribution in [0.5, 0.6) is 0 Å². The van der Waals surface area contributed by atoms with Crippen LogP contribution in [0, 0.1) is 5.82 Å². The van der Waals surface area contributed by atoms with Gasteiger partial charge >= 0.3 is 0 Å². The lowest BCUT2D eigenvalue weighted by Crippen LogP contribution is -2.32. The molecule has 0 radical (unpaired) electrons. The number of carbonyl (C=O) groups is 1. The Balaban J connectivity index is 1.90. The number of carbonyl (C=O) groups excluding carboxylic acids is 1. The van der Waals surface area contributed by atoms with Crippen molar-refractivity contribution in [1.82, 2.24) is 0 Å². The maximum atomic E-state index is 13.7. The number of rotatable bonds is 2. The van der Waals surface area contributed by atoms with E-state index in [1.165, 1.54) is 6.07 Å². The molecule has 0 saturated heterocycles. The quantitative estimate of drug-likeness (QED) is 0.810. The van der Waals surface area contributed by atoms with Crippen LogP contribution in [-0.2, 0) is 4.79 Å². The summed E-state index contributed by atoms with van der Waals surface area (Å²) in [4.78, 5) is 13.5. The molecule has 1 heterocycles. The molecule has 0 N–H and O–H groups in total. The number of benzene rings is 2. The van der Waals surface area contributed by atoms with Crippen LogP contribution >= 0.6 is 0 Å². The molecule has 0 saturated carbocycles. The van der Waals surface area contributed by atoms with Crippen LogP contribution in [0.4, 0.5) is 10.1 Å². The van der Waals surface area contributed by atoms with Crippen LogP contribution in [0.3, 0.4) is 0 Å². The summed E-state index contributed by atoms with van der Waals surface area (Å²) in [6.07, 6.45) is 4.33. The van der Waals surface area contributed by atoms with Gasteiger partial charge in [-0.05, 0) is 36.3 Å². The summed E-state index contributed by atoms with van der Waals surface area (Å²) in [5.74, 6) is -0.243. The molecule has 20 heavy (non-hydrogen) atoms. The second kappa shape index (κ2) is 5.29. The summed E-state index contributed by atoms with van der Waals surface area (Å²) in [7, 11) is 0. The van der Waals surface area contributed by atoms with Crippen molar-refractivity contribution in [1.29, 1.82) is 0 Å². The van der Waals surface area contributed by atoms with Crippen LogP contribution in [0.1, 0.15) is 6.42 Å². The molecule has 2 aromatic carbocycles. The van der Waals surface area contributed by atoms with Gasteiger partial charge in [-0.15, -0.1) is 0 Å². The molecule has 0 aromatic heterocycles. The minimum atomic E-state index is -0.239. The van der Waals surface area contributed by atoms with Gasteiger partial charge in [-0.1, -0.05) is 36.4 Å². The first-order valence-electron chi connectivity index (χ1n) is 6.59. The van der Waals surface area contributed by atoms with Crippen LogP contribution in [0.15, 0.2) is 60.7 Å². The van der Waals surface area contributed by atoms with Crippen molar-refractivity contribution in [2.24, 2.45) is 0 Å². The van der Waals surface area contributed by atoms with Gasteiger partial charge in [-0.25, -0.2) is 4.39 Å². The molecule has 1 aliphatic rings. The van der Waals surface area contributed by atoms with Gasteiger partial charge in [-0.3, -0.25) is 4.79 Å². The molecule has 1 aliphatic heterocycles. The van der Waals surface area contributed by atoms with Crippen LogP contribution in [0.2, 0.25) is 0 Å². The number of amides is 1. The van der Waals surface area contributed by atoms with Crippen molar-refractivity contribution in [3.05, 3.63) is 66.5 Å². The summed E-state index contributed by atoms with van der Waals surface area (Å²) >= 11 is 0. The Hall–Kier alpha value is -2.42. The van der Waals surface area contributed by atoms with E-state index in [-0.39, 0.29) is 11.7 Å². The fourth-order valence-electron chi connectivity index (χ4n) is 2.36. The maximum absolute atomic E-state index is 13.7. The van der Waals surface area contributed by atoms with Crippen molar-refractivity contribution in [2.75, 3.05) is 11.4 Å². The normalized spacial score (nSPS) is 14.7. The standard InChI is InChI=1S/C17H14FNO/c18-16-6-2-1-5-15(16)13-8-10-14(11-9-13)19-12-4-3-7-17(19)20/h1-3,5-11H,4,12H2. The zero-order valence-corrected chi connectivity index (χ0v) is 10.9. The molecule has 0 atom stereocenters. The molecule has 0 unspecified atom stereocenters. The van der Waals surface area contributed by atoms with E-state index in [1.54, 1.807) is 23.1 Å². The van der Waals surface area contributed by atoms with E-state index >= 15 is 0 Å². The first-order valence-corrected chi connectivity index (χ1v) is 6.59. The lowest BCUT2D eigenvalue weighted by Gasteiger charge is -2.23. The van der Waals surface area contributed by atoms with Gasteiger partial charge in [0.2, 0.25) is 0 Å². The van der Waals surface area contributed by atoms with Crippen LogP contribution in [0.25, 0.3) is 11.1 Å². The largest absolute Gasteiger partial charge is 0.309 e. The Morgan fingerprint density at radius 1 is 1.00 bits per heavy atom. The van der Waals surface area contributed by atoms with E-state index < -0.39 is 0 Å². The summed E-state index contributed by atoms with van der Waals surface area (Å²) in [5, 5.41) is 0. The summed E-state index contributed by atoms with van der Waals surface area (Å²) in [5.41, 5.74) is 2.23. The van der Waals surface area contributed by atoms with E-state index in [2.05, 4.69) is 0 Å². The minimum absolute atomic E-state index is 0.00473. The fourth-order valence-corrected chi connectivity index (χ4v) is 2.36. The lowest BCUT2D eigenvalue weighted by atomic mass is 10.0. The van der Waals surface area contributed by atoms with Crippen LogP contribution < -0.4 is 4.90 Å². The molecule has 3 heteroatoms. The predicted octanol–water partition coefficient (Wildman–Crippen LogP) is 3.79. The topological polar surface area (TPSA) is 20.3 Å². The highest BCUT2D eigenvalue weighted by Gasteiger charge is 2.15. The molecule has 0 aliphatic carbocycles. The fraction of sp³-hybridized carbons (Fsp3) is 0.118. The minimum Gasteiger partial charge on any atom is -0.309 e. The predicted molar refractivity (Wildman–Crippen MR) is 77.9 cm³/mol. The Labute approximate surface area is 117 Å². The van der Waals surface area contributed by atoms with E-state index in [0.717, 1.165) is 17.7 Å².